The van der Waals surface area contributed by atoms with Crippen molar-refractivity contribution in [2.45, 2.75) is 64.5 Å². The molecule has 1 heterocycles. The fourth-order valence-electron chi connectivity index (χ4n) is 3.10. The molecule has 2 rings (SSSR count). The van der Waals surface area contributed by atoms with Crippen LogP contribution in [-0.4, -0.2) is 22.4 Å². The maximum absolute atomic E-state index is 4.23. The van der Waals surface area contributed by atoms with Gasteiger partial charge in [0.25, 0.3) is 0 Å². The van der Waals surface area contributed by atoms with Crippen molar-refractivity contribution >= 4 is 0 Å². The first-order valence-corrected chi connectivity index (χ1v) is 7.59. The molecule has 1 fully saturated rings. The van der Waals surface area contributed by atoms with Gasteiger partial charge >= 0.3 is 0 Å². The molecule has 1 aliphatic carbocycles. The van der Waals surface area contributed by atoms with E-state index in [2.05, 4.69) is 17.3 Å². The highest BCUT2D eigenvalue weighted by molar-refractivity contribution is 4.79. The Bertz CT molecular complexity index is 308. The van der Waals surface area contributed by atoms with Gasteiger partial charge in [-0.2, -0.15) is 5.10 Å². The van der Waals surface area contributed by atoms with Crippen molar-refractivity contribution < 1.29 is 0 Å². The number of nitrogens with zero attached hydrogens (tertiary/aromatic N) is 2. The molecular formula is C15H27N3. The van der Waals surface area contributed by atoms with Crippen LogP contribution < -0.4 is 5.32 Å². The summed E-state index contributed by atoms with van der Waals surface area (Å²) in [5, 5.41) is 7.93. The zero-order valence-corrected chi connectivity index (χ0v) is 11.6. The Morgan fingerprint density at radius 2 is 2.22 bits per heavy atom. The van der Waals surface area contributed by atoms with Gasteiger partial charge in [-0.1, -0.05) is 32.6 Å². The quantitative estimate of drug-likeness (QED) is 0.785. The molecule has 1 aromatic rings. The van der Waals surface area contributed by atoms with E-state index in [1.165, 1.54) is 44.9 Å². The Kier molecular flexibility index (Phi) is 5.72. The SMILES string of the molecule is CCCC1CCCC(NCCn2cccn2)CC1. The minimum Gasteiger partial charge on any atom is -0.312 e. The van der Waals surface area contributed by atoms with Crippen LogP contribution in [0.1, 0.15) is 51.9 Å². The van der Waals surface area contributed by atoms with Crippen molar-refractivity contribution in [2.24, 2.45) is 5.92 Å². The number of hydrogen-bond donors (Lipinski definition) is 1. The summed E-state index contributed by atoms with van der Waals surface area (Å²) in [6, 6.07) is 2.73. The normalized spacial score (nSPS) is 24.9. The van der Waals surface area contributed by atoms with E-state index in [1.807, 2.05) is 23.1 Å². The minimum atomic E-state index is 0.738. The fourth-order valence-corrected chi connectivity index (χ4v) is 3.10. The third-order valence-electron chi connectivity index (χ3n) is 4.12. The van der Waals surface area contributed by atoms with Crippen LogP contribution in [0.25, 0.3) is 0 Å². The first-order valence-electron chi connectivity index (χ1n) is 7.59. The highest BCUT2D eigenvalue weighted by Crippen LogP contribution is 2.26. The van der Waals surface area contributed by atoms with Crippen LogP contribution in [0, 0.1) is 5.92 Å². The van der Waals surface area contributed by atoms with E-state index in [-0.39, 0.29) is 0 Å². The van der Waals surface area contributed by atoms with Gasteiger partial charge in [0.2, 0.25) is 0 Å². The largest absolute Gasteiger partial charge is 0.312 e. The lowest BCUT2D eigenvalue weighted by Gasteiger charge is -2.16. The van der Waals surface area contributed by atoms with E-state index in [1.54, 1.807) is 0 Å². The molecule has 3 nitrogen and oxygen atoms in total. The minimum absolute atomic E-state index is 0.738. The second-order valence-corrected chi connectivity index (χ2v) is 5.58. The smallest absolute Gasteiger partial charge is 0.0534 e. The summed E-state index contributed by atoms with van der Waals surface area (Å²) in [7, 11) is 0. The lowest BCUT2D eigenvalue weighted by molar-refractivity contribution is 0.404. The fraction of sp³-hybridized carbons (Fsp3) is 0.800. The second-order valence-electron chi connectivity index (χ2n) is 5.58. The predicted molar refractivity (Wildman–Crippen MR) is 75.5 cm³/mol. The molecule has 0 aromatic carbocycles. The Morgan fingerprint density at radius 3 is 3.00 bits per heavy atom. The number of rotatable bonds is 6. The molecule has 0 saturated heterocycles. The van der Waals surface area contributed by atoms with Crippen molar-refractivity contribution in [2.75, 3.05) is 6.54 Å². The van der Waals surface area contributed by atoms with E-state index in [0.29, 0.717) is 0 Å². The Morgan fingerprint density at radius 1 is 1.28 bits per heavy atom. The van der Waals surface area contributed by atoms with Crippen LogP contribution in [-0.2, 0) is 6.54 Å². The van der Waals surface area contributed by atoms with Crippen molar-refractivity contribution in [3.8, 4) is 0 Å². The average Bonchev–Trinajstić information content (AvgIpc) is 2.78. The summed E-state index contributed by atoms with van der Waals surface area (Å²) in [6.45, 7) is 4.34. The van der Waals surface area contributed by atoms with Crippen LogP contribution in [0.2, 0.25) is 0 Å². The van der Waals surface area contributed by atoms with Crippen LogP contribution in [0.5, 0.6) is 0 Å². The molecule has 1 N–H and O–H groups in total. The van der Waals surface area contributed by atoms with Crippen LogP contribution in [0.15, 0.2) is 18.5 Å². The molecule has 0 bridgehead atoms. The van der Waals surface area contributed by atoms with Gasteiger partial charge in [-0.25, -0.2) is 0 Å². The van der Waals surface area contributed by atoms with E-state index in [0.717, 1.165) is 25.0 Å². The number of aromatic nitrogens is 2. The lowest BCUT2D eigenvalue weighted by Crippen LogP contribution is -2.31. The average molecular weight is 249 g/mol. The van der Waals surface area contributed by atoms with Crippen molar-refractivity contribution in [1.82, 2.24) is 15.1 Å². The molecule has 2 unspecified atom stereocenters. The predicted octanol–water partition coefficient (Wildman–Crippen LogP) is 3.22. The molecule has 1 aliphatic rings. The van der Waals surface area contributed by atoms with Crippen molar-refractivity contribution in [1.29, 1.82) is 0 Å². The summed E-state index contributed by atoms with van der Waals surface area (Å²) in [6.07, 6.45) is 13.7. The van der Waals surface area contributed by atoms with Gasteiger partial charge in [-0.3, -0.25) is 4.68 Å². The maximum atomic E-state index is 4.23. The Labute approximate surface area is 111 Å². The second kappa shape index (κ2) is 7.57. The standard InChI is InChI=1S/C15H27N3/c1-2-5-14-6-3-7-15(9-8-14)16-11-13-18-12-4-10-17-18/h4,10,12,14-16H,2-3,5-9,11,13H2,1H3. The van der Waals surface area contributed by atoms with E-state index < -0.39 is 0 Å². The van der Waals surface area contributed by atoms with Crippen molar-refractivity contribution in [3.05, 3.63) is 18.5 Å². The van der Waals surface area contributed by atoms with Crippen molar-refractivity contribution in [3.63, 3.8) is 0 Å². The van der Waals surface area contributed by atoms with Gasteiger partial charge in [-0.05, 0) is 31.2 Å². The van der Waals surface area contributed by atoms with E-state index in [4.69, 9.17) is 0 Å². The topological polar surface area (TPSA) is 29.9 Å². The van der Waals surface area contributed by atoms with E-state index in [9.17, 15) is 0 Å². The van der Waals surface area contributed by atoms with Gasteiger partial charge in [0, 0.05) is 25.0 Å². The first-order chi connectivity index (χ1) is 8.88. The molecule has 0 aliphatic heterocycles. The molecule has 1 aromatic heterocycles. The zero-order valence-electron chi connectivity index (χ0n) is 11.6. The first kappa shape index (κ1) is 13.6. The summed E-state index contributed by atoms with van der Waals surface area (Å²) >= 11 is 0. The maximum Gasteiger partial charge on any atom is 0.0534 e. The lowest BCUT2D eigenvalue weighted by atomic mass is 9.95. The van der Waals surface area contributed by atoms with Gasteiger partial charge in [0.15, 0.2) is 0 Å². The highest BCUT2D eigenvalue weighted by Gasteiger charge is 2.17. The molecule has 0 spiro atoms. The highest BCUT2D eigenvalue weighted by atomic mass is 15.3. The van der Waals surface area contributed by atoms with E-state index >= 15 is 0 Å². The molecular weight excluding hydrogens is 222 g/mol. The van der Waals surface area contributed by atoms with Crippen LogP contribution >= 0.6 is 0 Å². The molecule has 2 atom stereocenters. The molecule has 3 heteroatoms. The van der Waals surface area contributed by atoms with Gasteiger partial charge in [0.1, 0.15) is 0 Å². The number of hydrogen-bond acceptors (Lipinski definition) is 2. The molecule has 0 radical (unpaired) electrons. The summed E-state index contributed by atoms with van der Waals surface area (Å²) < 4.78 is 2.00. The summed E-state index contributed by atoms with van der Waals surface area (Å²) in [4.78, 5) is 0. The Hall–Kier alpha value is -0.830. The van der Waals surface area contributed by atoms with Gasteiger partial charge in [-0.15, -0.1) is 0 Å². The summed E-state index contributed by atoms with van der Waals surface area (Å²) in [5.74, 6) is 0.993. The number of nitrogens with one attached hydrogen (secondary N) is 1. The molecule has 1 saturated carbocycles. The summed E-state index contributed by atoms with van der Waals surface area (Å²) in [5.41, 5.74) is 0. The van der Waals surface area contributed by atoms with Crippen LogP contribution in [0.3, 0.4) is 0 Å². The van der Waals surface area contributed by atoms with Crippen LogP contribution in [0.4, 0.5) is 0 Å². The van der Waals surface area contributed by atoms with Gasteiger partial charge < -0.3 is 5.32 Å². The Balaban J connectivity index is 1.64. The molecule has 102 valence electrons. The monoisotopic (exact) mass is 249 g/mol. The third kappa shape index (κ3) is 4.45. The van der Waals surface area contributed by atoms with Gasteiger partial charge in [0.05, 0.1) is 6.54 Å². The third-order valence-corrected chi connectivity index (χ3v) is 4.12. The zero-order chi connectivity index (χ0) is 12.6. The molecule has 0 amide bonds. The molecule has 18 heavy (non-hydrogen) atoms.